The molecule has 1 aromatic rings. The van der Waals surface area contributed by atoms with Gasteiger partial charge in [0.1, 0.15) is 5.01 Å². The molecule has 0 aromatic carbocycles. The van der Waals surface area contributed by atoms with E-state index in [9.17, 15) is 4.79 Å². The van der Waals surface area contributed by atoms with Crippen LogP contribution in [0, 0.1) is 19.3 Å². The molecule has 0 saturated heterocycles. The minimum Gasteiger partial charge on any atom is -0.327 e. The van der Waals surface area contributed by atoms with Crippen LogP contribution >= 0.6 is 23.1 Å². The predicted molar refractivity (Wildman–Crippen MR) is 71.0 cm³/mol. The Bertz CT molecular complexity index is 436. The lowest BCUT2D eigenvalue weighted by atomic mass is 10.4. The van der Waals surface area contributed by atoms with Crippen LogP contribution < -0.4 is 0 Å². The summed E-state index contributed by atoms with van der Waals surface area (Å²) in [5, 5.41) is 8.72. The third-order valence-corrected chi connectivity index (χ3v) is 3.77. The number of carbonyl (C=O) groups is 1. The Kier molecular flexibility index (Phi) is 5.73. The number of rotatable bonds is 6. The molecule has 0 spiro atoms. The van der Waals surface area contributed by atoms with Crippen molar-refractivity contribution in [3.8, 4) is 12.3 Å². The molecule has 0 fully saturated rings. The minimum atomic E-state index is -0.0132. The number of terminal acetylenes is 1. The van der Waals surface area contributed by atoms with Crippen molar-refractivity contribution in [3.63, 3.8) is 0 Å². The van der Waals surface area contributed by atoms with E-state index in [1.807, 2.05) is 6.92 Å². The largest absolute Gasteiger partial charge is 0.327 e. The SMILES string of the molecule is C#CCN(CC=C)C(=O)CSc1nnc(C)s1. The molecule has 0 atom stereocenters. The van der Waals surface area contributed by atoms with E-state index in [1.54, 1.807) is 11.0 Å². The lowest BCUT2D eigenvalue weighted by molar-refractivity contribution is -0.127. The van der Waals surface area contributed by atoms with Crippen molar-refractivity contribution in [1.82, 2.24) is 15.1 Å². The van der Waals surface area contributed by atoms with Crippen LogP contribution in [0.1, 0.15) is 5.01 Å². The Hall–Kier alpha value is -1.32. The summed E-state index contributed by atoms with van der Waals surface area (Å²) in [6, 6.07) is 0. The Morgan fingerprint density at radius 1 is 1.71 bits per heavy atom. The summed E-state index contributed by atoms with van der Waals surface area (Å²) in [5.74, 6) is 2.77. The molecule has 90 valence electrons. The van der Waals surface area contributed by atoms with Crippen molar-refractivity contribution >= 4 is 29.0 Å². The van der Waals surface area contributed by atoms with Gasteiger partial charge in [-0.1, -0.05) is 35.1 Å². The van der Waals surface area contributed by atoms with Crippen LogP contribution in [0.3, 0.4) is 0 Å². The van der Waals surface area contributed by atoms with Crippen molar-refractivity contribution < 1.29 is 4.79 Å². The van der Waals surface area contributed by atoms with Gasteiger partial charge in [0.15, 0.2) is 4.34 Å². The fourth-order valence-electron chi connectivity index (χ4n) is 1.07. The number of thioether (sulfide) groups is 1. The van der Waals surface area contributed by atoms with Crippen LogP contribution in [0.2, 0.25) is 0 Å². The van der Waals surface area contributed by atoms with Gasteiger partial charge in [-0.05, 0) is 6.92 Å². The molecule has 0 aliphatic heterocycles. The molecule has 0 radical (unpaired) electrons. The first-order chi connectivity index (χ1) is 8.17. The van der Waals surface area contributed by atoms with Crippen LogP contribution in [-0.4, -0.2) is 39.8 Å². The van der Waals surface area contributed by atoms with Gasteiger partial charge < -0.3 is 4.90 Å². The fourth-order valence-corrected chi connectivity index (χ4v) is 2.79. The summed E-state index contributed by atoms with van der Waals surface area (Å²) in [5.41, 5.74) is 0. The summed E-state index contributed by atoms with van der Waals surface area (Å²) < 4.78 is 0.801. The van der Waals surface area contributed by atoms with E-state index in [2.05, 4.69) is 22.7 Å². The number of amides is 1. The second-order valence-electron chi connectivity index (χ2n) is 3.14. The first-order valence-corrected chi connectivity index (χ1v) is 6.72. The number of aryl methyl sites for hydroxylation is 1. The standard InChI is InChI=1S/C11H13N3OS2/c1-4-6-14(7-5-2)10(15)8-16-11-13-12-9(3)17-11/h1,5H,2,6-8H2,3H3. The average Bonchev–Trinajstić information content (AvgIpc) is 2.72. The van der Waals surface area contributed by atoms with Gasteiger partial charge >= 0.3 is 0 Å². The molecule has 1 amide bonds. The smallest absolute Gasteiger partial charge is 0.234 e. The zero-order valence-corrected chi connectivity index (χ0v) is 11.2. The van der Waals surface area contributed by atoms with Crippen molar-refractivity contribution in [2.75, 3.05) is 18.8 Å². The number of aromatic nitrogens is 2. The van der Waals surface area contributed by atoms with Crippen LogP contribution in [0.4, 0.5) is 0 Å². The number of carbonyl (C=O) groups excluding carboxylic acids is 1. The topological polar surface area (TPSA) is 46.1 Å². The quantitative estimate of drug-likeness (QED) is 0.446. The average molecular weight is 267 g/mol. The Balaban J connectivity index is 2.47. The van der Waals surface area contributed by atoms with Crippen LogP contribution in [0.5, 0.6) is 0 Å². The summed E-state index contributed by atoms with van der Waals surface area (Å²) in [7, 11) is 0. The third-order valence-electron chi connectivity index (χ3n) is 1.81. The Morgan fingerprint density at radius 2 is 2.47 bits per heavy atom. The molecular formula is C11H13N3OS2. The van der Waals surface area contributed by atoms with E-state index >= 15 is 0 Å². The van der Waals surface area contributed by atoms with Gasteiger partial charge in [-0.3, -0.25) is 4.79 Å². The second kappa shape index (κ2) is 7.09. The molecule has 4 nitrogen and oxygen atoms in total. The molecule has 1 rings (SSSR count). The molecule has 1 heterocycles. The molecule has 0 unspecified atom stereocenters. The zero-order valence-electron chi connectivity index (χ0n) is 9.55. The maximum atomic E-state index is 11.8. The first-order valence-electron chi connectivity index (χ1n) is 4.92. The molecular weight excluding hydrogens is 254 g/mol. The summed E-state index contributed by atoms with van der Waals surface area (Å²) >= 11 is 2.86. The minimum absolute atomic E-state index is 0.0132. The van der Waals surface area contributed by atoms with E-state index < -0.39 is 0 Å². The summed E-state index contributed by atoms with van der Waals surface area (Å²) in [4.78, 5) is 13.4. The van der Waals surface area contributed by atoms with Crippen LogP contribution in [-0.2, 0) is 4.79 Å². The second-order valence-corrected chi connectivity index (χ2v) is 5.55. The maximum absolute atomic E-state index is 11.8. The monoisotopic (exact) mass is 267 g/mol. The fraction of sp³-hybridized carbons (Fsp3) is 0.364. The Labute approximate surface area is 109 Å². The van der Waals surface area contributed by atoms with E-state index in [1.165, 1.54) is 23.1 Å². The van der Waals surface area contributed by atoms with E-state index in [4.69, 9.17) is 6.42 Å². The van der Waals surface area contributed by atoms with Gasteiger partial charge in [0, 0.05) is 6.54 Å². The van der Waals surface area contributed by atoms with Gasteiger partial charge in [-0.25, -0.2) is 0 Å². The molecule has 0 saturated carbocycles. The third kappa shape index (κ3) is 4.59. The number of nitrogens with zero attached hydrogens (tertiary/aromatic N) is 3. The summed E-state index contributed by atoms with van der Waals surface area (Å²) in [6.45, 7) is 6.26. The van der Waals surface area contributed by atoms with Gasteiger partial charge in [-0.2, -0.15) is 0 Å². The maximum Gasteiger partial charge on any atom is 0.234 e. The van der Waals surface area contributed by atoms with Gasteiger partial charge in [0.05, 0.1) is 12.3 Å². The highest BCUT2D eigenvalue weighted by molar-refractivity contribution is 8.01. The first kappa shape index (κ1) is 13.7. The molecule has 1 aromatic heterocycles. The highest BCUT2D eigenvalue weighted by Crippen LogP contribution is 2.21. The van der Waals surface area contributed by atoms with Crippen molar-refractivity contribution in [1.29, 1.82) is 0 Å². The molecule has 0 bridgehead atoms. The van der Waals surface area contributed by atoms with Gasteiger partial charge in [-0.15, -0.1) is 23.2 Å². The molecule has 0 aliphatic carbocycles. The van der Waals surface area contributed by atoms with Crippen molar-refractivity contribution in [2.45, 2.75) is 11.3 Å². The molecule has 0 N–H and O–H groups in total. The van der Waals surface area contributed by atoms with Crippen molar-refractivity contribution in [3.05, 3.63) is 17.7 Å². The highest BCUT2D eigenvalue weighted by atomic mass is 32.2. The normalized spacial score (nSPS) is 9.65. The van der Waals surface area contributed by atoms with Gasteiger partial charge in [0.2, 0.25) is 5.91 Å². The molecule has 17 heavy (non-hydrogen) atoms. The summed E-state index contributed by atoms with van der Waals surface area (Å²) in [6.07, 6.45) is 6.86. The lowest BCUT2D eigenvalue weighted by Crippen LogP contribution is -2.32. The number of hydrogen-bond acceptors (Lipinski definition) is 5. The Morgan fingerprint density at radius 3 is 3.00 bits per heavy atom. The highest BCUT2D eigenvalue weighted by Gasteiger charge is 2.12. The van der Waals surface area contributed by atoms with Crippen LogP contribution in [0.15, 0.2) is 17.0 Å². The van der Waals surface area contributed by atoms with E-state index in [-0.39, 0.29) is 5.91 Å². The predicted octanol–water partition coefficient (Wildman–Crippen LogP) is 1.59. The van der Waals surface area contributed by atoms with Crippen LogP contribution in [0.25, 0.3) is 0 Å². The van der Waals surface area contributed by atoms with E-state index in [0.29, 0.717) is 18.8 Å². The zero-order chi connectivity index (χ0) is 12.7. The van der Waals surface area contributed by atoms with Gasteiger partial charge in [0.25, 0.3) is 0 Å². The van der Waals surface area contributed by atoms with E-state index in [0.717, 1.165) is 9.35 Å². The molecule has 0 aliphatic rings. The number of hydrogen-bond donors (Lipinski definition) is 0. The molecule has 6 heteroatoms. The lowest BCUT2D eigenvalue weighted by Gasteiger charge is -2.17. The van der Waals surface area contributed by atoms with Crippen molar-refractivity contribution in [2.24, 2.45) is 0 Å².